The topological polar surface area (TPSA) is 81.6 Å². The van der Waals surface area contributed by atoms with Gasteiger partial charge in [0.25, 0.3) is 0 Å². The van der Waals surface area contributed by atoms with Crippen molar-refractivity contribution in [2.45, 2.75) is 13.0 Å². The van der Waals surface area contributed by atoms with Gasteiger partial charge in [0.2, 0.25) is 5.91 Å². The van der Waals surface area contributed by atoms with Crippen molar-refractivity contribution in [2.24, 2.45) is 0 Å². The van der Waals surface area contributed by atoms with E-state index in [2.05, 4.69) is 9.97 Å². The van der Waals surface area contributed by atoms with Crippen molar-refractivity contribution in [3.63, 3.8) is 0 Å². The first-order valence-electron chi connectivity index (χ1n) is 7.53. The molecule has 124 valence electrons. The highest BCUT2D eigenvalue weighted by Gasteiger charge is 2.29. The summed E-state index contributed by atoms with van der Waals surface area (Å²) >= 11 is 0. The van der Waals surface area contributed by atoms with E-state index in [-0.39, 0.29) is 18.3 Å². The van der Waals surface area contributed by atoms with Crippen molar-refractivity contribution in [3.05, 3.63) is 47.2 Å². The van der Waals surface area contributed by atoms with E-state index in [1.165, 1.54) is 0 Å². The Kier molecular flexibility index (Phi) is 4.81. The number of ether oxygens (including phenoxy) is 2. The minimum Gasteiger partial charge on any atom is -0.461 e. The van der Waals surface area contributed by atoms with Crippen LogP contribution in [0.1, 0.15) is 21.5 Å². The van der Waals surface area contributed by atoms with Crippen molar-refractivity contribution >= 4 is 18.0 Å². The van der Waals surface area contributed by atoms with Crippen molar-refractivity contribution in [2.75, 3.05) is 25.2 Å². The number of benzene rings is 1. The molecule has 0 unspecified atom stereocenters. The molecule has 0 saturated carbocycles. The van der Waals surface area contributed by atoms with Gasteiger partial charge in [0, 0.05) is 24.4 Å². The lowest BCUT2D eigenvalue weighted by molar-refractivity contribution is -0.117. The van der Waals surface area contributed by atoms with Crippen LogP contribution in [-0.2, 0) is 22.5 Å². The number of methoxy groups -OCH3 is 1. The first kappa shape index (κ1) is 16.1. The average Bonchev–Trinajstić information content (AvgIpc) is 2.91. The van der Waals surface area contributed by atoms with Crippen LogP contribution in [0.4, 0.5) is 5.82 Å². The molecule has 24 heavy (non-hydrogen) atoms. The Hall–Kier alpha value is -2.80. The van der Waals surface area contributed by atoms with E-state index < -0.39 is 0 Å². The number of carbonyl (C=O) groups excluding carboxylic acids is 2. The summed E-state index contributed by atoms with van der Waals surface area (Å²) in [5.41, 5.74) is 2.30. The fourth-order valence-electron chi connectivity index (χ4n) is 2.45. The van der Waals surface area contributed by atoms with E-state index in [0.29, 0.717) is 31.1 Å². The van der Waals surface area contributed by atoms with Crippen LogP contribution in [0.25, 0.3) is 0 Å². The van der Waals surface area contributed by atoms with Crippen molar-refractivity contribution in [3.8, 4) is 6.01 Å². The second-order valence-electron chi connectivity index (χ2n) is 5.36. The fourth-order valence-corrected chi connectivity index (χ4v) is 2.45. The number of aldehydes is 1. The summed E-state index contributed by atoms with van der Waals surface area (Å²) in [4.78, 5) is 33.1. The second kappa shape index (κ2) is 7.18. The van der Waals surface area contributed by atoms with Crippen LogP contribution >= 0.6 is 0 Å². The molecule has 2 aromatic rings. The number of carbonyl (C=O) groups is 2. The van der Waals surface area contributed by atoms with E-state index in [4.69, 9.17) is 9.47 Å². The van der Waals surface area contributed by atoms with Gasteiger partial charge in [-0.25, -0.2) is 4.98 Å². The molecule has 7 heteroatoms. The Morgan fingerprint density at radius 2 is 2.04 bits per heavy atom. The van der Waals surface area contributed by atoms with E-state index in [0.717, 1.165) is 17.4 Å². The largest absolute Gasteiger partial charge is 0.461 e. The zero-order valence-corrected chi connectivity index (χ0v) is 13.3. The van der Waals surface area contributed by atoms with Gasteiger partial charge in [-0.2, -0.15) is 4.98 Å². The van der Waals surface area contributed by atoms with Crippen molar-refractivity contribution < 1.29 is 19.1 Å². The van der Waals surface area contributed by atoms with E-state index >= 15 is 0 Å². The molecule has 1 aliphatic rings. The second-order valence-corrected chi connectivity index (χ2v) is 5.36. The lowest BCUT2D eigenvalue weighted by Crippen LogP contribution is -2.26. The number of fused-ring (bicyclic) bond motifs is 1. The number of hydrogen-bond donors (Lipinski definition) is 0. The number of rotatable bonds is 7. The SMILES string of the molecule is COCCOc1ncc2c(n1)N(Cc1ccc(C=O)cc1)C(=O)C2. The maximum absolute atomic E-state index is 12.3. The maximum Gasteiger partial charge on any atom is 0.318 e. The highest BCUT2D eigenvalue weighted by Crippen LogP contribution is 2.29. The molecule has 1 aliphatic heterocycles. The molecule has 0 saturated heterocycles. The van der Waals surface area contributed by atoms with Gasteiger partial charge in [-0.3, -0.25) is 14.5 Å². The van der Waals surface area contributed by atoms with Gasteiger partial charge in [0.1, 0.15) is 18.7 Å². The molecule has 0 radical (unpaired) electrons. The van der Waals surface area contributed by atoms with Crippen LogP contribution in [-0.4, -0.2) is 42.5 Å². The van der Waals surface area contributed by atoms with Crippen LogP contribution in [0.5, 0.6) is 6.01 Å². The summed E-state index contributed by atoms with van der Waals surface area (Å²) in [7, 11) is 1.59. The molecule has 0 aliphatic carbocycles. The molecular formula is C17H17N3O4. The zero-order valence-electron chi connectivity index (χ0n) is 13.3. The Labute approximate surface area is 139 Å². The summed E-state index contributed by atoms with van der Waals surface area (Å²) in [6.45, 7) is 1.17. The Bertz CT molecular complexity index is 746. The van der Waals surface area contributed by atoms with Crippen LogP contribution in [0.3, 0.4) is 0 Å². The van der Waals surface area contributed by atoms with Gasteiger partial charge in [0.15, 0.2) is 0 Å². The third-order valence-corrected chi connectivity index (χ3v) is 3.69. The van der Waals surface area contributed by atoms with Gasteiger partial charge in [0.05, 0.1) is 19.6 Å². The Morgan fingerprint density at radius 3 is 2.75 bits per heavy atom. The monoisotopic (exact) mass is 327 g/mol. The lowest BCUT2D eigenvalue weighted by Gasteiger charge is -2.17. The Morgan fingerprint density at radius 1 is 1.25 bits per heavy atom. The molecule has 2 heterocycles. The van der Waals surface area contributed by atoms with Gasteiger partial charge in [-0.05, 0) is 5.56 Å². The third-order valence-electron chi connectivity index (χ3n) is 3.69. The first-order valence-corrected chi connectivity index (χ1v) is 7.53. The predicted octanol–water partition coefficient (Wildman–Crippen LogP) is 1.40. The van der Waals surface area contributed by atoms with Gasteiger partial charge < -0.3 is 9.47 Å². The molecule has 0 fully saturated rings. The number of nitrogens with zero attached hydrogens (tertiary/aromatic N) is 3. The van der Waals surface area contributed by atoms with Crippen LogP contribution in [0.15, 0.2) is 30.5 Å². The Balaban J connectivity index is 1.78. The van der Waals surface area contributed by atoms with E-state index in [1.807, 2.05) is 12.1 Å². The van der Waals surface area contributed by atoms with Crippen LogP contribution in [0.2, 0.25) is 0 Å². The third kappa shape index (κ3) is 3.41. The summed E-state index contributed by atoms with van der Waals surface area (Å²) < 4.78 is 10.3. The quantitative estimate of drug-likeness (QED) is 0.565. The van der Waals surface area contributed by atoms with E-state index in [9.17, 15) is 9.59 Å². The number of amides is 1. The van der Waals surface area contributed by atoms with Crippen molar-refractivity contribution in [1.82, 2.24) is 9.97 Å². The maximum atomic E-state index is 12.3. The molecule has 3 rings (SSSR count). The van der Waals surface area contributed by atoms with Crippen LogP contribution < -0.4 is 9.64 Å². The number of aromatic nitrogens is 2. The molecule has 0 N–H and O–H groups in total. The first-order chi connectivity index (χ1) is 11.7. The number of anilines is 1. The summed E-state index contributed by atoms with van der Waals surface area (Å²) in [6.07, 6.45) is 2.69. The van der Waals surface area contributed by atoms with E-state index in [1.54, 1.807) is 30.3 Å². The standard InChI is InChI=1S/C17H17N3O4/c1-23-6-7-24-17-18-9-14-8-15(22)20(16(14)19-17)10-12-2-4-13(11-21)5-3-12/h2-5,9,11H,6-8,10H2,1H3. The lowest BCUT2D eigenvalue weighted by atomic mass is 10.1. The molecule has 0 atom stereocenters. The number of hydrogen-bond acceptors (Lipinski definition) is 6. The molecule has 1 aromatic heterocycles. The highest BCUT2D eigenvalue weighted by atomic mass is 16.5. The predicted molar refractivity (Wildman–Crippen MR) is 86.1 cm³/mol. The smallest absolute Gasteiger partial charge is 0.318 e. The van der Waals surface area contributed by atoms with Gasteiger partial charge >= 0.3 is 6.01 Å². The average molecular weight is 327 g/mol. The van der Waals surface area contributed by atoms with Gasteiger partial charge in [-0.15, -0.1) is 0 Å². The van der Waals surface area contributed by atoms with Crippen LogP contribution in [0, 0.1) is 0 Å². The fraction of sp³-hybridized carbons (Fsp3) is 0.294. The summed E-state index contributed by atoms with van der Waals surface area (Å²) in [5, 5.41) is 0. The minimum atomic E-state index is -0.0344. The van der Waals surface area contributed by atoms with Crippen molar-refractivity contribution in [1.29, 1.82) is 0 Å². The van der Waals surface area contributed by atoms with Gasteiger partial charge in [-0.1, -0.05) is 24.3 Å². The molecule has 1 amide bonds. The highest BCUT2D eigenvalue weighted by molar-refractivity contribution is 6.00. The molecule has 1 aromatic carbocycles. The summed E-state index contributed by atoms with van der Waals surface area (Å²) in [5.74, 6) is 0.537. The molecule has 0 spiro atoms. The minimum absolute atomic E-state index is 0.0344. The normalized spacial score (nSPS) is 13.0. The molecule has 0 bridgehead atoms. The zero-order chi connectivity index (χ0) is 16.9. The molecular weight excluding hydrogens is 310 g/mol. The molecule has 7 nitrogen and oxygen atoms in total. The summed E-state index contributed by atoms with van der Waals surface area (Å²) in [6, 6.07) is 7.33.